The van der Waals surface area contributed by atoms with Crippen LogP contribution in [-0.2, 0) is 17.0 Å². The number of hydrogen-bond donors (Lipinski definition) is 2. The van der Waals surface area contributed by atoms with E-state index in [2.05, 4.69) is 22.8 Å². The molecule has 3 aromatic carbocycles. The van der Waals surface area contributed by atoms with Crippen LogP contribution in [0.15, 0.2) is 91.0 Å². The van der Waals surface area contributed by atoms with Crippen LogP contribution in [0.2, 0.25) is 0 Å². The first-order valence-electron chi connectivity index (χ1n) is 10.0. The molecule has 3 rings (SSSR count). The van der Waals surface area contributed by atoms with Crippen molar-refractivity contribution < 1.29 is 9.59 Å². The summed E-state index contributed by atoms with van der Waals surface area (Å²) in [7, 11) is 0. The highest BCUT2D eigenvalue weighted by Crippen LogP contribution is 2.11. The molecule has 30 heavy (non-hydrogen) atoms. The number of nitrogens with one attached hydrogen (secondary N) is 2. The molecule has 0 spiro atoms. The highest BCUT2D eigenvalue weighted by atomic mass is 32.2. The molecule has 0 saturated carbocycles. The lowest BCUT2D eigenvalue weighted by Gasteiger charge is -2.19. The van der Waals surface area contributed by atoms with E-state index in [-0.39, 0.29) is 11.8 Å². The largest absolute Gasteiger partial charge is 0.353 e. The maximum absolute atomic E-state index is 12.8. The number of rotatable bonds is 10. The average molecular weight is 419 g/mol. The number of carbonyl (C=O) groups is 2. The molecule has 1 atom stereocenters. The van der Waals surface area contributed by atoms with Gasteiger partial charge in [0.1, 0.15) is 6.04 Å². The van der Waals surface area contributed by atoms with Gasteiger partial charge in [0.05, 0.1) is 0 Å². The third kappa shape index (κ3) is 7.08. The Morgan fingerprint density at radius 1 is 0.767 bits per heavy atom. The zero-order chi connectivity index (χ0) is 21.0. The molecule has 0 radical (unpaired) electrons. The third-order valence-electron chi connectivity index (χ3n) is 4.60. The van der Waals surface area contributed by atoms with Gasteiger partial charge >= 0.3 is 0 Å². The van der Waals surface area contributed by atoms with Crippen molar-refractivity contribution in [3.05, 3.63) is 108 Å². The first-order valence-corrected chi connectivity index (χ1v) is 11.2. The van der Waals surface area contributed by atoms with Gasteiger partial charge in [0.15, 0.2) is 0 Å². The zero-order valence-corrected chi connectivity index (χ0v) is 17.6. The molecule has 3 aromatic rings. The van der Waals surface area contributed by atoms with Gasteiger partial charge in [-0.3, -0.25) is 9.59 Å². The van der Waals surface area contributed by atoms with Crippen LogP contribution in [0.4, 0.5) is 0 Å². The van der Waals surface area contributed by atoms with E-state index in [0.717, 1.165) is 17.1 Å². The molecule has 0 bridgehead atoms. The Morgan fingerprint density at radius 3 is 1.97 bits per heavy atom. The normalized spacial score (nSPS) is 11.5. The van der Waals surface area contributed by atoms with Crippen molar-refractivity contribution in [1.29, 1.82) is 0 Å². The molecule has 0 unspecified atom stereocenters. The minimum absolute atomic E-state index is 0.163. The Morgan fingerprint density at radius 2 is 1.33 bits per heavy atom. The Bertz CT molecular complexity index is 918. The van der Waals surface area contributed by atoms with Crippen LogP contribution in [0.3, 0.4) is 0 Å². The molecule has 0 heterocycles. The van der Waals surface area contributed by atoms with Gasteiger partial charge in [-0.15, -0.1) is 0 Å². The van der Waals surface area contributed by atoms with Crippen LogP contribution in [0.5, 0.6) is 0 Å². The van der Waals surface area contributed by atoms with Crippen LogP contribution in [0.1, 0.15) is 21.5 Å². The molecule has 0 aliphatic heterocycles. The standard InChI is InChI=1S/C25H26N2O2S/c28-24(22-14-8-3-9-15-22)27-23(18-20-10-4-1-5-11-20)25(29)26-16-17-30-19-21-12-6-2-7-13-21/h1-15,23H,16-19H2,(H,26,29)(H,27,28)/t23-/m0/s1. The van der Waals surface area contributed by atoms with Crippen LogP contribution in [-0.4, -0.2) is 30.2 Å². The molecule has 5 heteroatoms. The van der Waals surface area contributed by atoms with Gasteiger partial charge in [-0.05, 0) is 23.3 Å². The first-order chi connectivity index (χ1) is 14.7. The minimum atomic E-state index is -0.626. The summed E-state index contributed by atoms with van der Waals surface area (Å²) in [5.41, 5.74) is 2.82. The lowest BCUT2D eigenvalue weighted by Crippen LogP contribution is -2.48. The van der Waals surface area contributed by atoms with Gasteiger partial charge in [-0.2, -0.15) is 11.8 Å². The molecule has 0 aliphatic rings. The second-order valence-electron chi connectivity index (χ2n) is 6.91. The Hall–Kier alpha value is -3.05. The minimum Gasteiger partial charge on any atom is -0.353 e. The average Bonchev–Trinajstić information content (AvgIpc) is 2.80. The summed E-state index contributed by atoms with van der Waals surface area (Å²) in [5, 5.41) is 5.86. The van der Waals surface area contributed by atoms with E-state index in [1.807, 2.05) is 66.7 Å². The van der Waals surface area contributed by atoms with Crippen LogP contribution in [0.25, 0.3) is 0 Å². The molecule has 4 nitrogen and oxygen atoms in total. The van der Waals surface area contributed by atoms with Gasteiger partial charge in [0, 0.05) is 30.0 Å². The fraction of sp³-hybridized carbons (Fsp3) is 0.200. The monoisotopic (exact) mass is 418 g/mol. The smallest absolute Gasteiger partial charge is 0.251 e. The summed E-state index contributed by atoms with van der Waals surface area (Å²) in [4.78, 5) is 25.4. The Labute approximate surface area is 182 Å². The number of thioether (sulfide) groups is 1. The van der Waals surface area contributed by atoms with Gasteiger partial charge < -0.3 is 10.6 Å². The molecule has 2 amide bonds. The van der Waals surface area contributed by atoms with Crippen molar-refractivity contribution in [2.75, 3.05) is 12.3 Å². The Kier molecular flexibility index (Phi) is 8.54. The van der Waals surface area contributed by atoms with Gasteiger partial charge in [0.2, 0.25) is 5.91 Å². The van der Waals surface area contributed by atoms with Gasteiger partial charge in [0.25, 0.3) is 5.91 Å². The van der Waals surface area contributed by atoms with Crippen molar-refractivity contribution >= 4 is 23.6 Å². The van der Waals surface area contributed by atoms with Crippen molar-refractivity contribution in [1.82, 2.24) is 10.6 Å². The van der Waals surface area contributed by atoms with E-state index < -0.39 is 6.04 Å². The van der Waals surface area contributed by atoms with Gasteiger partial charge in [-0.25, -0.2) is 0 Å². The van der Waals surface area contributed by atoms with E-state index in [4.69, 9.17) is 0 Å². The van der Waals surface area contributed by atoms with Crippen molar-refractivity contribution in [3.63, 3.8) is 0 Å². The summed E-state index contributed by atoms with van der Waals surface area (Å²) in [6.07, 6.45) is 0.447. The number of hydrogen-bond acceptors (Lipinski definition) is 3. The predicted molar refractivity (Wildman–Crippen MR) is 123 cm³/mol. The second kappa shape index (κ2) is 11.8. The highest BCUT2D eigenvalue weighted by Gasteiger charge is 2.21. The molecular formula is C25H26N2O2S. The predicted octanol–water partition coefficient (Wildman–Crippen LogP) is 4.08. The van der Waals surface area contributed by atoms with Crippen molar-refractivity contribution in [3.8, 4) is 0 Å². The first kappa shape index (κ1) is 21.7. The second-order valence-corrected chi connectivity index (χ2v) is 8.02. The van der Waals surface area contributed by atoms with E-state index in [9.17, 15) is 9.59 Å². The highest BCUT2D eigenvalue weighted by molar-refractivity contribution is 7.98. The SMILES string of the molecule is O=C(N[C@@H](Cc1ccccc1)C(=O)NCCSCc1ccccc1)c1ccccc1. The number of benzene rings is 3. The van der Waals surface area contributed by atoms with Crippen LogP contribution < -0.4 is 10.6 Å². The summed E-state index contributed by atoms with van der Waals surface area (Å²) in [6, 6.07) is 28.3. The topological polar surface area (TPSA) is 58.2 Å². The summed E-state index contributed by atoms with van der Waals surface area (Å²) < 4.78 is 0. The van der Waals surface area contributed by atoms with Crippen molar-refractivity contribution in [2.45, 2.75) is 18.2 Å². The zero-order valence-electron chi connectivity index (χ0n) is 16.8. The summed E-state index contributed by atoms with van der Waals surface area (Å²) in [6.45, 7) is 0.558. The Balaban J connectivity index is 1.53. The lowest BCUT2D eigenvalue weighted by molar-refractivity contribution is -0.122. The van der Waals surface area contributed by atoms with E-state index in [0.29, 0.717) is 18.5 Å². The lowest BCUT2D eigenvalue weighted by atomic mass is 10.0. The quantitative estimate of drug-likeness (QED) is 0.488. The fourth-order valence-electron chi connectivity index (χ4n) is 3.02. The van der Waals surface area contributed by atoms with Crippen molar-refractivity contribution in [2.24, 2.45) is 0 Å². The molecule has 0 fully saturated rings. The molecule has 0 aromatic heterocycles. The maximum atomic E-state index is 12.8. The molecule has 2 N–H and O–H groups in total. The maximum Gasteiger partial charge on any atom is 0.251 e. The van der Waals surface area contributed by atoms with Crippen LogP contribution >= 0.6 is 11.8 Å². The van der Waals surface area contributed by atoms with Gasteiger partial charge in [-0.1, -0.05) is 78.9 Å². The number of amides is 2. The van der Waals surface area contributed by atoms with E-state index in [1.54, 1.807) is 23.9 Å². The van der Waals surface area contributed by atoms with Crippen LogP contribution in [0, 0.1) is 0 Å². The molecule has 0 aliphatic carbocycles. The summed E-state index contributed by atoms with van der Waals surface area (Å²) in [5.74, 6) is 1.31. The van der Waals surface area contributed by atoms with E-state index in [1.165, 1.54) is 5.56 Å². The van der Waals surface area contributed by atoms with E-state index >= 15 is 0 Å². The number of carbonyl (C=O) groups excluding carboxylic acids is 2. The fourth-order valence-corrected chi connectivity index (χ4v) is 3.84. The molecule has 0 saturated heterocycles. The molecule has 154 valence electrons. The molecular weight excluding hydrogens is 392 g/mol. The third-order valence-corrected chi connectivity index (χ3v) is 5.63. The summed E-state index contributed by atoms with van der Waals surface area (Å²) >= 11 is 1.77.